The van der Waals surface area contributed by atoms with Gasteiger partial charge in [0, 0.05) is 36.3 Å². The van der Waals surface area contributed by atoms with Crippen molar-refractivity contribution in [2.75, 3.05) is 11.9 Å². The normalized spacial score (nSPS) is 14.0. The molecule has 0 aromatic heterocycles. The summed E-state index contributed by atoms with van der Waals surface area (Å²) in [7, 11) is -4.19. The summed E-state index contributed by atoms with van der Waals surface area (Å²) in [6.07, 6.45) is 0.552. The highest BCUT2D eigenvalue weighted by molar-refractivity contribution is 7.90. The van der Waals surface area contributed by atoms with E-state index in [4.69, 9.17) is 5.21 Å². The zero-order valence-corrected chi connectivity index (χ0v) is 17.3. The lowest BCUT2D eigenvalue weighted by Gasteiger charge is -2.14. The Morgan fingerprint density at radius 2 is 1.78 bits per heavy atom. The van der Waals surface area contributed by atoms with Crippen molar-refractivity contribution >= 4 is 39.1 Å². The first-order valence-corrected chi connectivity index (χ1v) is 10.8. The van der Waals surface area contributed by atoms with Crippen molar-refractivity contribution in [3.63, 3.8) is 0 Å². The number of hydrogen-bond acceptors (Lipinski definition) is 8. The van der Waals surface area contributed by atoms with Gasteiger partial charge in [-0.25, -0.2) is 18.2 Å². The van der Waals surface area contributed by atoms with Gasteiger partial charge in [0.2, 0.25) is 5.91 Å². The maximum Gasteiger partial charge on any atom is 0.274 e. The first-order chi connectivity index (χ1) is 15.1. The van der Waals surface area contributed by atoms with Gasteiger partial charge < -0.3 is 5.32 Å². The van der Waals surface area contributed by atoms with Crippen LogP contribution in [0.15, 0.2) is 47.4 Å². The number of rotatable bonds is 8. The molecule has 0 spiro atoms. The van der Waals surface area contributed by atoms with Crippen LogP contribution in [0.25, 0.3) is 0 Å². The van der Waals surface area contributed by atoms with E-state index >= 15 is 0 Å². The van der Waals surface area contributed by atoms with Gasteiger partial charge in [-0.1, -0.05) is 0 Å². The molecule has 2 aromatic rings. The van der Waals surface area contributed by atoms with E-state index in [0.717, 1.165) is 18.2 Å². The summed E-state index contributed by atoms with van der Waals surface area (Å²) in [5.74, 6) is -1.80. The van der Waals surface area contributed by atoms with Crippen LogP contribution in [-0.4, -0.2) is 47.1 Å². The van der Waals surface area contributed by atoms with E-state index < -0.39 is 37.3 Å². The molecule has 0 aliphatic carbocycles. The highest BCUT2D eigenvalue weighted by Crippen LogP contribution is 2.33. The number of hydrogen-bond donors (Lipinski definition) is 3. The summed E-state index contributed by atoms with van der Waals surface area (Å²) in [6, 6.07) is 8.84. The molecule has 1 aliphatic rings. The van der Waals surface area contributed by atoms with Gasteiger partial charge in [0.25, 0.3) is 27.5 Å². The minimum atomic E-state index is -4.19. The van der Waals surface area contributed by atoms with E-state index in [9.17, 15) is 32.9 Å². The van der Waals surface area contributed by atoms with Gasteiger partial charge in [0.05, 0.1) is 10.5 Å². The van der Waals surface area contributed by atoms with Crippen molar-refractivity contribution in [3.8, 4) is 0 Å². The number of hydroxylamine groups is 1. The van der Waals surface area contributed by atoms with Crippen LogP contribution in [-0.2, 0) is 14.8 Å². The van der Waals surface area contributed by atoms with Crippen molar-refractivity contribution in [3.05, 3.63) is 63.7 Å². The largest absolute Gasteiger partial charge is 0.326 e. The Labute approximate surface area is 182 Å². The lowest BCUT2D eigenvalue weighted by atomic mass is 10.1. The molecule has 0 atom stereocenters. The second kappa shape index (κ2) is 9.11. The van der Waals surface area contributed by atoms with Crippen molar-refractivity contribution < 1.29 is 32.9 Å². The zero-order chi connectivity index (χ0) is 23.5. The topological polar surface area (TPSA) is 176 Å². The number of nitrogens with one attached hydrogen (secondary N) is 2. The SMILES string of the molecule is O=C(CCCCN1C(=O)c2ccc([N+](=O)[O-])cc2S1(=O)=O)Nc1ccc(C(=O)NO)cc1. The predicted molar refractivity (Wildman–Crippen MR) is 109 cm³/mol. The van der Waals surface area contributed by atoms with Crippen molar-refractivity contribution in [1.29, 1.82) is 0 Å². The summed E-state index contributed by atoms with van der Waals surface area (Å²) in [4.78, 5) is 45.5. The van der Waals surface area contributed by atoms with Gasteiger partial charge in [0.15, 0.2) is 0 Å². The van der Waals surface area contributed by atoms with E-state index in [1.165, 1.54) is 29.7 Å². The van der Waals surface area contributed by atoms with Gasteiger partial charge in [-0.3, -0.25) is 29.7 Å². The molecule has 0 saturated heterocycles. The van der Waals surface area contributed by atoms with Crippen LogP contribution in [0.4, 0.5) is 11.4 Å². The number of carbonyl (C=O) groups is 3. The number of non-ortho nitro benzene ring substituents is 1. The van der Waals surface area contributed by atoms with Crippen LogP contribution < -0.4 is 10.8 Å². The number of sulfonamides is 1. The number of carbonyl (C=O) groups excluding carboxylic acids is 3. The number of unbranched alkanes of at least 4 members (excludes halogenated alkanes) is 1. The number of fused-ring (bicyclic) bond motifs is 1. The summed E-state index contributed by atoms with van der Waals surface area (Å²) in [5.41, 5.74) is 1.58. The average Bonchev–Trinajstić information content (AvgIpc) is 2.96. The molecule has 3 rings (SSSR count). The Hall–Kier alpha value is -3.84. The van der Waals surface area contributed by atoms with Crippen LogP contribution in [0, 0.1) is 10.1 Å². The van der Waals surface area contributed by atoms with Gasteiger partial charge in [-0.15, -0.1) is 0 Å². The molecule has 1 heterocycles. The minimum absolute atomic E-state index is 0.0549. The second-order valence-electron chi connectivity index (χ2n) is 6.84. The van der Waals surface area contributed by atoms with Gasteiger partial charge in [0.1, 0.15) is 4.90 Å². The lowest BCUT2D eigenvalue weighted by molar-refractivity contribution is -0.385. The minimum Gasteiger partial charge on any atom is -0.326 e. The van der Waals surface area contributed by atoms with Crippen LogP contribution >= 0.6 is 0 Å². The maximum absolute atomic E-state index is 12.6. The lowest BCUT2D eigenvalue weighted by Crippen LogP contribution is -2.31. The summed E-state index contributed by atoms with van der Waals surface area (Å²) in [5, 5.41) is 22.1. The number of anilines is 1. The Kier molecular flexibility index (Phi) is 6.50. The summed E-state index contributed by atoms with van der Waals surface area (Å²) < 4.78 is 25.8. The molecule has 3 N–H and O–H groups in total. The molecule has 12 nitrogen and oxygen atoms in total. The smallest absolute Gasteiger partial charge is 0.274 e. The molecular formula is C19H18N4O8S. The predicted octanol–water partition coefficient (Wildman–Crippen LogP) is 1.67. The van der Waals surface area contributed by atoms with E-state index in [1.807, 2.05) is 0 Å². The second-order valence-corrected chi connectivity index (χ2v) is 8.67. The summed E-state index contributed by atoms with van der Waals surface area (Å²) >= 11 is 0. The number of nitro groups is 1. The first kappa shape index (κ1) is 22.8. The molecule has 3 amide bonds. The Morgan fingerprint density at radius 3 is 2.41 bits per heavy atom. The number of nitrogens with zero attached hydrogens (tertiary/aromatic N) is 2. The molecule has 2 aromatic carbocycles. The van der Waals surface area contributed by atoms with E-state index in [1.54, 1.807) is 0 Å². The van der Waals surface area contributed by atoms with Crippen molar-refractivity contribution in [2.24, 2.45) is 0 Å². The molecular weight excluding hydrogens is 444 g/mol. The number of amides is 3. The average molecular weight is 462 g/mol. The zero-order valence-electron chi connectivity index (χ0n) is 16.5. The highest BCUT2D eigenvalue weighted by atomic mass is 32.2. The molecule has 168 valence electrons. The van der Waals surface area contributed by atoms with Crippen LogP contribution in [0.1, 0.15) is 40.0 Å². The molecule has 0 saturated carbocycles. The van der Waals surface area contributed by atoms with Crippen LogP contribution in [0.3, 0.4) is 0 Å². The molecule has 0 unspecified atom stereocenters. The maximum atomic E-state index is 12.6. The summed E-state index contributed by atoms with van der Waals surface area (Å²) in [6.45, 7) is -0.165. The molecule has 0 bridgehead atoms. The molecule has 0 fully saturated rings. The third-order valence-corrected chi connectivity index (χ3v) is 6.57. The Morgan fingerprint density at radius 1 is 1.09 bits per heavy atom. The molecule has 1 aliphatic heterocycles. The molecule has 32 heavy (non-hydrogen) atoms. The van der Waals surface area contributed by atoms with E-state index in [2.05, 4.69) is 5.32 Å². The number of benzene rings is 2. The Bertz CT molecular complexity index is 1190. The molecule has 13 heteroatoms. The number of nitro benzene ring substituents is 1. The first-order valence-electron chi connectivity index (χ1n) is 9.35. The fourth-order valence-corrected chi connectivity index (χ4v) is 4.76. The fraction of sp³-hybridized carbons (Fsp3) is 0.211. The standard InChI is InChI=1S/C19H18N4O8S/c24-17(20-13-6-4-12(5-7-13)18(25)21-27)3-1-2-10-22-19(26)15-9-8-14(23(28)29)11-16(15)32(22,30)31/h4-9,11,27H,1-3,10H2,(H,20,24)(H,21,25). The fourth-order valence-electron chi connectivity index (χ4n) is 3.13. The molecule has 0 radical (unpaired) electrons. The van der Waals surface area contributed by atoms with Crippen molar-refractivity contribution in [1.82, 2.24) is 9.79 Å². The highest BCUT2D eigenvalue weighted by Gasteiger charge is 2.41. The third-order valence-electron chi connectivity index (χ3n) is 4.75. The van der Waals surface area contributed by atoms with E-state index in [-0.39, 0.29) is 42.8 Å². The van der Waals surface area contributed by atoms with Gasteiger partial charge in [-0.05, 0) is 43.2 Å². The van der Waals surface area contributed by atoms with Crippen LogP contribution in [0.2, 0.25) is 0 Å². The van der Waals surface area contributed by atoms with Gasteiger partial charge >= 0.3 is 0 Å². The van der Waals surface area contributed by atoms with E-state index in [0.29, 0.717) is 9.99 Å². The van der Waals surface area contributed by atoms with Gasteiger partial charge in [-0.2, -0.15) is 0 Å². The monoisotopic (exact) mass is 462 g/mol. The third kappa shape index (κ3) is 4.58. The Balaban J connectivity index is 1.53. The van der Waals surface area contributed by atoms with Crippen LogP contribution in [0.5, 0.6) is 0 Å². The van der Waals surface area contributed by atoms with Crippen molar-refractivity contribution in [2.45, 2.75) is 24.2 Å². The quantitative estimate of drug-likeness (QED) is 0.230.